The fourth-order valence-electron chi connectivity index (χ4n) is 2.65. The summed E-state index contributed by atoms with van der Waals surface area (Å²) >= 11 is 0. The van der Waals surface area contributed by atoms with E-state index in [1.165, 1.54) is 20.8 Å². The quantitative estimate of drug-likeness (QED) is 0.798. The van der Waals surface area contributed by atoms with Gasteiger partial charge < -0.3 is 9.84 Å². The molecule has 142 valence electrons. The first-order valence-corrected chi connectivity index (χ1v) is 9.20. The summed E-state index contributed by atoms with van der Waals surface area (Å²) in [6.45, 7) is 4.09. The number of carboxylic acid groups (broad SMARTS) is 1. The molecule has 1 aliphatic rings. The van der Waals surface area contributed by atoms with Crippen LogP contribution in [0.1, 0.15) is 36.7 Å². The number of aromatic carboxylic acids is 1. The Labute approximate surface area is 150 Å². The lowest BCUT2D eigenvalue weighted by Gasteiger charge is -2.39. The Balaban J connectivity index is 2.71. The maximum Gasteiger partial charge on any atom is 0.412 e. The average Bonchev–Trinajstić information content (AvgIpc) is 2.52. The van der Waals surface area contributed by atoms with E-state index in [0.717, 1.165) is 25.3 Å². The number of nitrogens with one attached hydrogen (secondary N) is 1. The standard InChI is InChI=1S/C16H19FN2O6S/c1-15(2)13(18-14(22)25-4)19-16(3,8-26(15,23)24)10-7-9(12(20)21)5-6-11(10)17/h5-7H,8H2,1-4H3,(H,20,21)(H,18,19,22). The van der Waals surface area contributed by atoms with Gasteiger partial charge in [-0.15, -0.1) is 0 Å². The van der Waals surface area contributed by atoms with Crippen LogP contribution in [0, 0.1) is 5.82 Å². The zero-order valence-corrected chi connectivity index (χ0v) is 15.5. The minimum atomic E-state index is -3.88. The van der Waals surface area contributed by atoms with Crippen LogP contribution >= 0.6 is 0 Å². The van der Waals surface area contributed by atoms with Crippen LogP contribution in [-0.4, -0.2) is 49.0 Å². The molecule has 0 spiro atoms. The predicted molar refractivity (Wildman–Crippen MR) is 91.6 cm³/mol. The Morgan fingerprint density at radius 3 is 2.46 bits per heavy atom. The highest BCUT2D eigenvalue weighted by atomic mass is 32.2. The number of rotatable bonds is 2. The van der Waals surface area contributed by atoms with Gasteiger partial charge >= 0.3 is 12.1 Å². The van der Waals surface area contributed by atoms with E-state index >= 15 is 0 Å². The Kier molecular flexibility index (Phi) is 4.84. The SMILES string of the molecule is COC(=O)NC1=NC(C)(c2cc(C(=O)O)ccc2F)CS(=O)(=O)C1(C)C. The number of carboxylic acids is 1. The Bertz CT molecular complexity index is 909. The van der Waals surface area contributed by atoms with Gasteiger partial charge in [0, 0.05) is 5.56 Å². The summed E-state index contributed by atoms with van der Waals surface area (Å²) in [4.78, 5) is 27.0. The lowest BCUT2D eigenvalue weighted by molar-refractivity contribution is 0.0696. The van der Waals surface area contributed by atoms with Crippen molar-refractivity contribution >= 4 is 27.7 Å². The maximum absolute atomic E-state index is 14.4. The molecule has 1 aliphatic heterocycles. The topological polar surface area (TPSA) is 122 Å². The van der Waals surface area contributed by atoms with Crippen molar-refractivity contribution in [3.63, 3.8) is 0 Å². The first-order valence-electron chi connectivity index (χ1n) is 7.55. The molecule has 10 heteroatoms. The summed E-state index contributed by atoms with van der Waals surface area (Å²) in [5.74, 6) is -2.85. The summed E-state index contributed by atoms with van der Waals surface area (Å²) in [6.07, 6.45) is -0.920. The number of hydrogen-bond acceptors (Lipinski definition) is 6. The molecule has 1 aromatic rings. The molecule has 0 radical (unpaired) electrons. The van der Waals surface area contributed by atoms with E-state index in [1.807, 2.05) is 0 Å². The van der Waals surface area contributed by atoms with Gasteiger partial charge in [-0.2, -0.15) is 0 Å². The van der Waals surface area contributed by atoms with Gasteiger partial charge in [0.1, 0.15) is 21.9 Å². The van der Waals surface area contributed by atoms with E-state index in [4.69, 9.17) is 5.11 Å². The molecular weight excluding hydrogens is 367 g/mol. The van der Waals surface area contributed by atoms with Crippen LogP contribution in [-0.2, 0) is 20.1 Å². The van der Waals surface area contributed by atoms with E-state index in [9.17, 15) is 22.4 Å². The zero-order chi connectivity index (χ0) is 19.9. The number of sulfone groups is 1. The number of amides is 1. The van der Waals surface area contributed by atoms with Gasteiger partial charge in [0.15, 0.2) is 9.84 Å². The number of benzene rings is 1. The molecule has 0 aliphatic carbocycles. The number of hydrogen-bond donors (Lipinski definition) is 2. The summed E-state index contributed by atoms with van der Waals surface area (Å²) in [5.41, 5.74) is -2.02. The van der Waals surface area contributed by atoms with Crippen molar-refractivity contribution in [1.82, 2.24) is 5.32 Å². The first kappa shape index (κ1) is 19.8. The first-order chi connectivity index (χ1) is 11.8. The van der Waals surface area contributed by atoms with Crippen LogP contribution < -0.4 is 5.32 Å². The third kappa shape index (κ3) is 3.28. The number of aliphatic imine (C=N–C) groups is 1. The van der Waals surface area contributed by atoms with E-state index < -0.39 is 43.8 Å². The number of methoxy groups -OCH3 is 1. The van der Waals surface area contributed by atoms with E-state index in [1.54, 1.807) is 0 Å². The molecule has 0 bridgehead atoms. The molecule has 1 aromatic carbocycles. The van der Waals surface area contributed by atoms with E-state index in [-0.39, 0.29) is 17.0 Å². The molecule has 0 fully saturated rings. The molecule has 8 nitrogen and oxygen atoms in total. The number of alkyl carbamates (subject to hydrolysis) is 1. The van der Waals surface area contributed by atoms with Gasteiger partial charge in [-0.3, -0.25) is 10.3 Å². The highest BCUT2D eigenvalue weighted by molar-refractivity contribution is 7.93. The highest BCUT2D eigenvalue weighted by Crippen LogP contribution is 2.38. The molecule has 1 amide bonds. The average molecular weight is 386 g/mol. The smallest absolute Gasteiger partial charge is 0.412 e. The maximum atomic E-state index is 14.4. The summed E-state index contributed by atoms with van der Waals surface area (Å²) in [7, 11) is -2.78. The summed E-state index contributed by atoms with van der Waals surface area (Å²) in [6, 6.07) is 3.06. The number of ether oxygens (including phenoxy) is 1. The third-order valence-corrected chi connectivity index (χ3v) is 7.07. The molecular formula is C16H19FN2O6S. The molecule has 2 N–H and O–H groups in total. The summed E-state index contributed by atoms with van der Waals surface area (Å²) < 4.78 is 42.9. The van der Waals surface area contributed by atoms with Crippen LogP contribution in [0.15, 0.2) is 23.2 Å². The van der Waals surface area contributed by atoms with Crippen molar-refractivity contribution in [2.45, 2.75) is 31.1 Å². The predicted octanol–water partition coefficient (Wildman–Crippen LogP) is 1.70. The minimum Gasteiger partial charge on any atom is -0.478 e. The van der Waals surface area contributed by atoms with Crippen molar-refractivity contribution in [3.05, 3.63) is 35.1 Å². The molecule has 26 heavy (non-hydrogen) atoms. The third-order valence-electron chi connectivity index (χ3n) is 4.38. The van der Waals surface area contributed by atoms with Crippen molar-refractivity contribution in [3.8, 4) is 0 Å². The highest BCUT2D eigenvalue weighted by Gasteiger charge is 2.51. The molecule has 1 atom stereocenters. The number of nitrogens with zero attached hydrogens (tertiary/aromatic N) is 1. The second-order valence-electron chi connectivity index (χ2n) is 6.62. The van der Waals surface area contributed by atoms with Crippen molar-refractivity contribution < 1.29 is 32.2 Å². The van der Waals surface area contributed by atoms with Crippen LogP contribution in [0.25, 0.3) is 0 Å². The lowest BCUT2D eigenvalue weighted by Crippen LogP contribution is -2.57. The van der Waals surface area contributed by atoms with E-state index in [0.29, 0.717) is 0 Å². The molecule has 0 aromatic heterocycles. The Hall–Kier alpha value is -2.49. The van der Waals surface area contributed by atoms with Crippen molar-refractivity contribution in [1.29, 1.82) is 0 Å². The van der Waals surface area contributed by atoms with Gasteiger partial charge in [-0.05, 0) is 39.0 Å². The molecule has 2 rings (SSSR count). The lowest BCUT2D eigenvalue weighted by atomic mass is 9.91. The molecule has 0 saturated heterocycles. The van der Waals surface area contributed by atoms with Crippen LogP contribution in [0.3, 0.4) is 0 Å². The second-order valence-corrected chi connectivity index (χ2v) is 9.16. The van der Waals surface area contributed by atoms with Gasteiger partial charge in [0.2, 0.25) is 0 Å². The fourth-order valence-corrected chi connectivity index (χ4v) is 4.36. The summed E-state index contributed by atoms with van der Waals surface area (Å²) in [5, 5.41) is 11.4. The zero-order valence-electron chi connectivity index (χ0n) is 14.7. The number of amidine groups is 1. The Morgan fingerprint density at radius 2 is 1.92 bits per heavy atom. The molecule has 1 unspecified atom stereocenters. The monoisotopic (exact) mass is 386 g/mol. The van der Waals surface area contributed by atoms with Crippen LogP contribution in [0.2, 0.25) is 0 Å². The van der Waals surface area contributed by atoms with Gasteiger partial charge in [-0.25, -0.2) is 22.4 Å². The minimum absolute atomic E-state index is 0.194. The number of carbonyl (C=O) groups is 2. The fraction of sp³-hybridized carbons (Fsp3) is 0.438. The normalized spacial score (nSPS) is 23.7. The van der Waals surface area contributed by atoms with Gasteiger partial charge in [0.25, 0.3) is 0 Å². The van der Waals surface area contributed by atoms with Gasteiger partial charge in [0.05, 0.1) is 18.4 Å². The van der Waals surface area contributed by atoms with Crippen molar-refractivity contribution in [2.24, 2.45) is 4.99 Å². The molecule has 0 saturated carbocycles. The second kappa shape index (κ2) is 6.35. The Morgan fingerprint density at radius 1 is 1.31 bits per heavy atom. The van der Waals surface area contributed by atoms with E-state index in [2.05, 4.69) is 15.0 Å². The number of carbonyl (C=O) groups excluding carboxylic acids is 1. The van der Waals surface area contributed by atoms with Gasteiger partial charge in [-0.1, -0.05) is 0 Å². The molecule has 1 heterocycles. The van der Waals surface area contributed by atoms with Crippen molar-refractivity contribution in [2.75, 3.05) is 12.9 Å². The van der Waals surface area contributed by atoms with Crippen LogP contribution in [0.4, 0.5) is 9.18 Å². The number of halogens is 1. The van der Waals surface area contributed by atoms with Crippen LogP contribution in [0.5, 0.6) is 0 Å². The largest absolute Gasteiger partial charge is 0.478 e.